The van der Waals surface area contributed by atoms with E-state index < -0.39 is 5.91 Å². The zero-order valence-corrected chi connectivity index (χ0v) is 19.1. The van der Waals surface area contributed by atoms with Crippen LogP contribution in [0.3, 0.4) is 0 Å². The van der Waals surface area contributed by atoms with Gasteiger partial charge in [-0.05, 0) is 44.2 Å². The Morgan fingerprint density at radius 2 is 1.72 bits per heavy atom. The number of methoxy groups -OCH3 is 2. The third-order valence-corrected chi connectivity index (χ3v) is 5.40. The number of fused-ring (bicyclic) bond motifs is 1. The lowest BCUT2D eigenvalue weighted by Gasteiger charge is -2.21. The highest BCUT2D eigenvalue weighted by atomic mass is 16.5. The second kappa shape index (κ2) is 10.0. The van der Waals surface area contributed by atoms with Crippen molar-refractivity contribution in [2.45, 2.75) is 13.8 Å². The standard InChI is InChI=1S/C25H29N3O4/c1-6-28(7-2)25(30)20(14-18-16-27(3)21-11-9-8-10-19(18)21)26-24(29)17-12-13-22(31-4)23(15-17)32-5/h8-16H,6-7H2,1-5H3,(H,26,29)/b20-14-. The van der Waals surface area contributed by atoms with E-state index in [1.54, 1.807) is 29.2 Å². The molecule has 32 heavy (non-hydrogen) atoms. The minimum absolute atomic E-state index is 0.213. The number of carbonyl (C=O) groups is 2. The molecule has 1 aromatic heterocycles. The number of benzene rings is 2. The average molecular weight is 436 g/mol. The van der Waals surface area contributed by atoms with E-state index in [-0.39, 0.29) is 11.6 Å². The Labute approximate surface area is 188 Å². The van der Waals surface area contributed by atoms with Gasteiger partial charge in [0.15, 0.2) is 11.5 Å². The lowest BCUT2D eigenvalue weighted by molar-refractivity contribution is -0.127. The van der Waals surface area contributed by atoms with E-state index in [4.69, 9.17) is 9.47 Å². The van der Waals surface area contributed by atoms with Crippen molar-refractivity contribution in [3.05, 3.63) is 65.5 Å². The van der Waals surface area contributed by atoms with Gasteiger partial charge in [-0.15, -0.1) is 0 Å². The number of nitrogens with zero attached hydrogens (tertiary/aromatic N) is 2. The molecule has 3 rings (SSSR count). The Morgan fingerprint density at radius 1 is 1.03 bits per heavy atom. The summed E-state index contributed by atoms with van der Waals surface area (Å²) in [5.41, 5.74) is 2.47. The van der Waals surface area contributed by atoms with Gasteiger partial charge in [-0.25, -0.2) is 0 Å². The molecule has 0 radical (unpaired) electrons. The molecule has 1 N–H and O–H groups in total. The summed E-state index contributed by atoms with van der Waals surface area (Å²) in [7, 11) is 4.99. The normalized spacial score (nSPS) is 11.3. The summed E-state index contributed by atoms with van der Waals surface area (Å²) in [6.45, 7) is 4.89. The van der Waals surface area contributed by atoms with Crippen LogP contribution < -0.4 is 14.8 Å². The lowest BCUT2D eigenvalue weighted by atomic mass is 10.1. The molecule has 168 valence electrons. The molecule has 0 aliphatic heterocycles. The van der Waals surface area contributed by atoms with Crippen LogP contribution in [0.5, 0.6) is 11.5 Å². The molecular formula is C25H29N3O4. The van der Waals surface area contributed by atoms with Crippen molar-refractivity contribution in [2.75, 3.05) is 27.3 Å². The summed E-state index contributed by atoms with van der Waals surface area (Å²) in [5.74, 6) is 0.319. The van der Waals surface area contributed by atoms with Gasteiger partial charge >= 0.3 is 0 Å². The van der Waals surface area contributed by atoms with Gasteiger partial charge in [-0.2, -0.15) is 0 Å². The number of para-hydroxylation sites is 1. The maximum atomic E-state index is 13.2. The van der Waals surface area contributed by atoms with E-state index in [0.717, 1.165) is 16.5 Å². The zero-order chi connectivity index (χ0) is 23.3. The molecule has 0 saturated carbocycles. The van der Waals surface area contributed by atoms with Crippen molar-refractivity contribution in [1.29, 1.82) is 0 Å². The molecule has 0 saturated heterocycles. The maximum absolute atomic E-state index is 13.2. The monoisotopic (exact) mass is 435 g/mol. The lowest BCUT2D eigenvalue weighted by Crippen LogP contribution is -2.38. The van der Waals surface area contributed by atoms with Crippen molar-refractivity contribution in [1.82, 2.24) is 14.8 Å². The van der Waals surface area contributed by atoms with Crippen LogP contribution in [0, 0.1) is 0 Å². The number of nitrogens with one attached hydrogen (secondary N) is 1. The summed E-state index contributed by atoms with van der Waals surface area (Å²) in [6.07, 6.45) is 3.68. The highest BCUT2D eigenvalue weighted by molar-refractivity contribution is 6.06. The number of hydrogen-bond acceptors (Lipinski definition) is 4. The molecule has 2 aromatic carbocycles. The topological polar surface area (TPSA) is 72.8 Å². The number of aromatic nitrogens is 1. The van der Waals surface area contributed by atoms with Gasteiger partial charge in [0.1, 0.15) is 5.70 Å². The van der Waals surface area contributed by atoms with Crippen LogP contribution in [0.1, 0.15) is 29.8 Å². The number of likely N-dealkylation sites (N-methyl/N-ethyl adjacent to an activating group) is 1. The Balaban J connectivity index is 2.02. The second-order valence-electron chi connectivity index (χ2n) is 7.27. The van der Waals surface area contributed by atoms with Gasteiger partial charge in [0.05, 0.1) is 14.2 Å². The summed E-state index contributed by atoms with van der Waals surface area (Å²) in [6, 6.07) is 12.8. The van der Waals surface area contributed by atoms with E-state index in [1.807, 2.05) is 55.9 Å². The maximum Gasteiger partial charge on any atom is 0.270 e. The van der Waals surface area contributed by atoms with Gasteiger partial charge in [-0.3, -0.25) is 9.59 Å². The van der Waals surface area contributed by atoms with E-state index >= 15 is 0 Å². The number of hydrogen-bond donors (Lipinski definition) is 1. The highest BCUT2D eigenvalue weighted by Gasteiger charge is 2.20. The predicted molar refractivity (Wildman–Crippen MR) is 126 cm³/mol. The Kier molecular flexibility index (Phi) is 7.20. The molecular weight excluding hydrogens is 406 g/mol. The van der Waals surface area contributed by atoms with Crippen LogP contribution in [-0.2, 0) is 11.8 Å². The summed E-state index contributed by atoms with van der Waals surface area (Å²) < 4.78 is 12.5. The number of ether oxygens (including phenoxy) is 2. The second-order valence-corrected chi connectivity index (χ2v) is 7.27. The Bertz CT molecular complexity index is 1160. The van der Waals surface area contributed by atoms with Gasteiger partial charge in [0, 0.05) is 48.4 Å². The molecule has 2 amide bonds. The first-order valence-corrected chi connectivity index (χ1v) is 10.5. The molecule has 7 nitrogen and oxygen atoms in total. The van der Waals surface area contributed by atoms with Crippen LogP contribution in [0.15, 0.2) is 54.4 Å². The van der Waals surface area contributed by atoms with Crippen LogP contribution in [0.25, 0.3) is 17.0 Å². The third kappa shape index (κ3) is 4.61. The minimum atomic E-state index is -0.405. The van der Waals surface area contributed by atoms with Crippen molar-refractivity contribution >= 4 is 28.8 Å². The quantitative estimate of drug-likeness (QED) is 0.546. The number of rotatable bonds is 8. The van der Waals surface area contributed by atoms with Gasteiger partial charge in [-0.1, -0.05) is 18.2 Å². The van der Waals surface area contributed by atoms with Crippen LogP contribution >= 0.6 is 0 Å². The van der Waals surface area contributed by atoms with Crippen LogP contribution in [0.4, 0.5) is 0 Å². The number of aryl methyl sites for hydroxylation is 1. The molecule has 3 aromatic rings. The Hall–Kier alpha value is -3.74. The van der Waals surface area contributed by atoms with Crippen molar-refractivity contribution < 1.29 is 19.1 Å². The molecule has 0 spiro atoms. The zero-order valence-electron chi connectivity index (χ0n) is 19.1. The molecule has 0 aliphatic carbocycles. The van der Waals surface area contributed by atoms with Gasteiger partial charge in [0.25, 0.3) is 11.8 Å². The summed E-state index contributed by atoms with van der Waals surface area (Å²) in [4.78, 5) is 28.0. The van der Waals surface area contributed by atoms with Gasteiger partial charge < -0.3 is 24.3 Å². The molecule has 0 fully saturated rings. The molecule has 1 heterocycles. The number of amides is 2. The van der Waals surface area contributed by atoms with Crippen molar-refractivity contribution in [3.63, 3.8) is 0 Å². The minimum Gasteiger partial charge on any atom is -0.493 e. The predicted octanol–water partition coefficient (Wildman–Crippen LogP) is 3.83. The summed E-state index contributed by atoms with van der Waals surface area (Å²) >= 11 is 0. The first-order valence-electron chi connectivity index (χ1n) is 10.5. The van der Waals surface area contributed by atoms with Crippen molar-refractivity contribution in [3.8, 4) is 11.5 Å². The highest BCUT2D eigenvalue weighted by Crippen LogP contribution is 2.28. The fourth-order valence-corrected chi connectivity index (χ4v) is 3.65. The van der Waals surface area contributed by atoms with E-state index in [9.17, 15) is 9.59 Å². The first-order chi connectivity index (χ1) is 15.4. The smallest absolute Gasteiger partial charge is 0.270 e. The van der Waals surface area contributed by atoms with E-state index in [2.05, 4.69) is 5.32 Å². The molecule has 0 atom stereocenters. The number of carbonyl (C=O) groups excluding carboxylic acids is 2. The fourth-order valence-electron chi connectivity index (χ4n) is 3.65. The van der Waals surface area contributed by atoms with Crippen LogP contribution in [-0.4, -0.2) is 48.6 Å². The molecule has 7 heteroatoms. The third-order valence-electron chi connectivity index (χ3n) is 5.40. The van der Waals surface area contributed by atoms with Crippen molar-refractivity contribution in [2.24, 2.45) is 7.05 Å². The van der Waals surface area contributed by atoms with Gasteiger partial charge in [0.2, 0.25) is 0 Å². The largest absolute Gasteiger partial charge is 0.493 e. The molecule has 0 aliphatic rings. The average Bonchev–Trinajstić information content (AvgIpc) is 3.14. The Morgan fingerprint density at radius 3 is 2.38 bits per heavy atom. The van der Waals surface area contributed by atoms with E-state index in [1.165, 1.54) is 14.2 Å². The molecule has 0 unspecified atom stereocenters. The first kappa shape index (κ1) is 22.9. The fraction of sp³-hybridized carbons (Fsp3) is 0.280. The summed E-state index contributed by atoms with van der Waals surface area (Å²) in [5, 5.41) is 3.82. The van der Waals surface area contributed by atoms with E-state index in [0.29, 0.717) is 30.2 Å². The van der Waals surface area contributed by atoms with Crippen LogP contribution in [0.2, 0.25) is 0 Å². The molecule has 0 bridgehead atoms. The SMILES string of the molecule is CCN(CC)C(=O)/C(=C/c1cn(C)c2ccccc12)NC(=O)c1ccc(OC)c(OC)c1.